The van der Waals surface area contributed by atoms with E-state index in [9.17, 15) is 9.90 Å². The van der Waals surface area contributed by atoms with Gasteiger partial charge in [-0.15, -0.1) is 0 Å². The van der Waals surface area contributed by atoms with Gasteiger partial charge in [-0.25, -0.2) is 9.78 Å². The van der Waals surface area contributed by atoms with Crippen LogP contribution < -0.4 is 4.74 Å². The van der Waals surface area contributed by atoms with Crippen LogP contribution in [0.15, 0.2) is 77.2 Å². The summed E-state index contributed by atoms with van der Waals surface area (Å²) in [6.45, 7) is 0. The molecule has 0 saturated heterocycles. The van der Waals surface area contributed by atoms with E-state index in [-0.39, 0.29) is 11.5 Å². The third-order valence-corrected chi connectivity index (χ3v) is 3.73. The quantitative estimate of drug-likeness (QED) is 0.570. The molecule has 0 aliphatic heterocycles. The number of hydrogen-bond acceptors (Lipinski definition) is 4. The molecule has 122 valence electrons. The number of benzene rings is 3. The summed E-state index contributed by atoms with van der Waals surface area (Å²) in [5, 5.41) is 9.32. The van der Waals surface area contributed by atoms with Gasteiger partial charge in [-0.05, 0) is 36.4 Å². The van der Waals surface area contributed by atoms with Crippen molar-refractivity contribution in [1.29, 1.82) is 0 Å². The van der Waals surface area contributed by atoms with Crippen LogP contribution in [0, 0.1) is 0 Å². The number of aromatic nitrogens is 1. The van der Waals surface area contributed by atoms with Crippen LogP contribution in [0.4, 0.5) is 0 Å². The Labute approximate surface area is 143 Å². The van der Waals surface area contributed by atoms with E-state index in [1.807, 2.05) is 30.3 Å². The number of carboxylic acid groups (broad SMARTS) is 1. The van der Waals surface area contributed by atoms with Crippen molar-refractivity contribution in [3.63, 3.8) is 0 Å². The number of carboxylic acids is 1. The van der Waals surface area contributed by atoms with Gasteiger partial charge in [0, 0.05) is 6.07 Å². The first kappa shape index (κ1) is 15.0. The Hall–Kier alpha value is -3.60. The predicted octanol–water partition coefficient (Wildman–Crippen LogP) is 4.99. The van der Waals surface area contributed by atoms with Crippen LogP contribution in [0.25, 0.3) is 22.6 Å². The summed E-state index contributed by atoms with van der Waals surface area (Å²) in [7, 11) is 0. The zero-order valence-corrected chi connectivity index (χ0v) is 13.0. The highest BCUT2D eigenvalue weighted by atomic mass is 16.5. The molecule has 0 atom stereocenters. The molecular weight excluding hydrogens is 318 g/mol. The fourth-order valence-electron chi connectivity index (χ4n) is 2.56. The first-order valence-corrected chi connectivity index (χ1v) is 7.67. The molecule has 0 spiro atoms. The maximum Gasteiger partial charge on any atom is 0.336 e. The number of hydrogen-bond donors (Lipinski definition) is 1. The molecule has 0 radical (unpaired) electrons. The molecular formula is C20H13NO4. The topological polar surface area (TPSA) is 72.6 Å². The van der Waals surface area contributed by atoms with Gasteiger partial charge in [-0.2, -0.15) is 0 Å². The number of rotatable bonds is 4. The molecule has 0 aliphatic rings. The number of para-hydroxylation sites is 1. The first-order chi connectivity index (χ1) is 12.2. The number of aromatic carboxylic acids is 1. The van der Waals surface area contributed by atoms with E-state index in [1.165, 1.54) is 6.07 Å². The summed E-state index contributed by atoms with van der Waals surface area (Å²) in [5.74, 6) is 0.585. The maximum absolute atomic E-state index is 11.4. The van der Waals surface area contributed by atoms with Crippen LogP contribution in [0.3, 0.4) is 0 Å². The van der Waals surface area contributed by atoms with Crippen LogP contribution in [0.5, 0.6) is 11.5 Å². The van der Waals surface area contributed by atoms with Crippen molar-refractivity contribution in [3.8, 4) is 23.0 Å². The van der Waals surface area contributed by atoms with E-state index in [0.29, 0.717) is 22.4 Å². The second kappa shape index (κ2) is 6.13. The van der Waals surface area contributed by atoms with Crippen LogP contribution >= 0.6 is 0 Å². The number of oxazole rings is 1. The Morgan fingerprint density at radius 1 is 0.920 bits per heavy atom. The molecule has 0 fully saturated rings. The van der Waals surface area contributed by atoms with Crippen molar-refractivity contribution in [2.75, 3.05) is 0 Å². The van der Waals surface area contributed by atoms with Crippen molar-refractivity contribution in [2.24, 2.45) is 0 Å². The third kappa shape index (κ3) is 2.95. The van der Waals surface area contributed by atoms with Gasteiger partial charge in [-0.1, -0.05) is 30.3 Å². The van der Waals surface area contributed by atoms with Gasteiger partial charge in [0.1, 0.15) is 17.0 Å². The van der Waals surface area contributed by atoms with Crippen molar-refractivity contribution in [1.82, 2.24) is 4.98 Å². The van der Waals surface area contributed by atoms with Gasteiger partial charge >= 0.3 is 5.97 Å². The van der Waals surface area contributed by atoms with Crippen LogP contribution in [-0.2, 0) is 0 Å². The Kier molecular flexibility index (Phi) is 3.67. The standard InChI is InChI=1S/C20H13NO4/c22-20(23)16-9-5-4-8-15(16)19-21-17-11-10-14(12-18(17)25-19)24-13-6-2-1-3-7-13/h1-12H,(H,22,23). The highest BCUT2D eigenvalue weighted by Gasteiger charge is 2.16. The lowest BCUT2D eigenvalue weighted by Crippen LogP contribution is -1.98. The molecule has 25 heavy (non-hydrogen) atoms. The van der Waals surface area contributed by atoms with Gasteiger partial charge in [0.05, 0.1) is 11.1 Å². The number of fused-ring (bicyclic) bond motifs is 1. The highest BCUT2D eigenvalue weighted by Crippen LogP contribution is 2.30. The Morgan fingerprint density at radius 2 is 1.68 bits per heavy atom. The Morgan fingerprint density at radius 3 is 2.48 bits per heavy atom. The molecule has 5 nitrogen and oxygen atoms in total. The summed E-state index contributed by atoms with van der Waals surface area (Å²) >= 11 is 0. The largest absolute Gasteiger partial charge is 0.478 e. The van der Waals surface area contributed by atoms with Crippen LogP contribution in [-0.4, -0.2) is 16.1 Å². The minimum atomic E-state index is -1.02. The molecule has 0 bridgehead atoms. The molecule has 3 aromatic carbocycles. The number of nitrogens with zero attached hydrogens (tertiary/aromatic N) is 1. The molecule has 0 aliphatic carbocycles. The Balaban J connectivity index is 1.73. The monoisotopic (exact) mass is 331 g/mol. The molecule has 1 N–H and O–H groups in total. The predicted molar refractivity (Wildman–Crippen MR) is 92.9 cm³/mol. The normalized spacial score (nSPS) is 10.7. The molecule has 4 aromatic rings. The fraction of sp³-hybridized carbons (Fsp3) is 0. The smallest absolute Gasteiger partial charge is 0.336 e. The fourth-order valence-corrected chi connectivity index (χ4v) is 2.56. The minimum absolute atomic E-state index is 0.148. The maximum atomic E-state index is 11.4. The Bertz CT molecular complexity index is 1050. The van der Waals surface area contributed by atoms with Gasteiger partial charge in [0.25, 0.3) is 0 Å². The van der Waals surface area contributed by atoms with Gasteiger partial charge in [-0.3, -0.25) is 0 Å². The summed E-state index contributed by atoms with van der Waals surface area (Å²) in [6.07, 6.45) is 0. The minimum Gasteiger partial charge on any atom is -0.478 e. The van der Waals surface area contributed by atoms with E-state index in [1.54, 1.807) is 36.4 Å². The van der Waals surface area contributed by atoms with Crippen LogP contribution in [0.2, 0.25) is 0 Å². The molecule has 0 unspecified atom stereocenters. The third-order valence-electron chi connectivity index (χ3n) is 3.73. The summed E-state index contributed by atoms with van der Waals surface area (Å²) in [6, 6.07) is 21.4. The highest BCUT2D eigenvalue weighted by molar-refractivity contribution is 5.95. The van der Waals surface area contributed by atoms with Crippen LogP contribution in [0.1, 0.15) is 10.4 Å². The number of carbonyl (C=O) groups is 1. The first-order valence-electron chi connectivity index (χ1n) is 7.67. The van der Waals surface area contributed by atoms with Crippen molar-refractivity contribution in [2.45, 2.75) is 0 Å². The van der Waals surface area contributed by atoms with Gasteiger partial charge in [0.2, 0.25) is 5.89 Å². The second-order valence-corrected chi connectivity index (χ2v) is 5.41. The summed E-state index contributed by atoms with van der Waals surface area (Å²) in [4.78, 5) is 15.8. The average molecular weight is 331 g/mol. The van der Waals surface area contributed by atoms with Crippen molar-refractivity contribution in [3.05, 3.63) is 78.4 Å². The van der Waals surface area contributed by atoms with E-state index in [0.717, 1.165) is 5.75 Å². The van der Waals surface area contributed by atoms with E-state index >= 15 is 0 Å². The molecule has 0 amide bonds. The molecule has 1 aromatic heterocycles. The van der Waals surface area contributed by atoms with Gasteiger partial charge < -0.3 is 14.3 Å². The van der Waals surface area contributed by atoms with Gasteiger partial charge in [0.15, 0.2) is 5.58 Å². The van der Waals surface area contributed by atoms with E-state index in [4.69, 9.17) is 9.15 Å². The SMILES string of the molecule is O=C(O)c1ccccc1-c1nc2ccc(Oc3ccccc3)cc2o1. The zero-order chi connectivity index (χ0) is 17.2. The summed E-state index contributed by atoms with van der Waals surface area (Å²) < 4.78 is 11.6. The zero-order valence-electron chi connectivity index (χ0n) is 13.0. The molecule has 5 heteroatoms. The lowest BCUT2D eigenvalue weighted by molar-refractivity contribution is 0.0697. The molecule has 1 heterocycles. The average Bonchev–Trinajstić information content (AvgIpc) is 3.06. The number of ether oxygens (including phenoxy) is 1. The van der Waals surface area contributed by atoms with E-state index in [2.05, 4.69) is 4.98 Å². The second-order valence-electron chi connectivity index (χ2n) is 5.41. The molecule has 0 saturated carbocycles. The van der Waals surface area contributed by atoms with Crippen molar-refractivity contribution < 1.29 is 19.1 Å². The van der Waals surface area contributed by atoms with Crippen molar-refractivity contribution >= 4 is 17.1 Å². The van der Waals surface area contributed by atoms with E-state index < -0.39 is 5.97 Å². The molecule has 4 rings (SSSR count). The lowest BCUT2D eigenvalue weighted by atomic mass is 10.1. The summed E-state index contributed by atoms with van der Waals surface area (Å²) in [5.41, 5.74) is 1.76. The lowest BCUT2D eigenvalue weighted by Gasteiger charge is -2.04.